The molecule has 0 aliphatic rings. The van der Waals surface area contributed by atoms with Crippen LogP contribution in [0.4, 0.5) is 17.3 Å². The number of carboxylic acid groups (broad SMARTS) is 1. The molecule has 0 saturated heterocycles. The molecule has 6 aromatic rings. The van der Waals surface area contributed by atoms with E-state index in [1.807, 2.05) is 69.8 Å². The molecule has 0 radical (unpaired) electrons. The van der Waals surface area contributed by atoms with Crippen molar-refractivity contribution in [2.24, 2.45) is 0 Å². The number of anilines is 2. The van der Waals surface area contributed by atoms with Gasteiger partial charge in [0.15, 0.2) is 22.5 Å². The highest BCUT2D eigenvalue weighted by molar-refractivity contribution is 6.58. The highest BCUT2D eigenvalue weighted by Crippen LogP contribution is 2.32. The number of benzene rings is 4. The van der Waals surface area contributed by atoms with Crippen molar-refractivity contribution in [3.63, 3.8) is 0 Å². The zero-order valence-electron chi connectivity index (χ0n) is 32.3. The molecule has 0 bridgehead atoms. The summed E-state index contributed by atoms with van der Waals surface area (Å²) in [6.45, 7) is 15.3. The van der Waals surface area contributed by atoms with Crippen LogP contribution in [0.25, 0.3) is 38.2 Å². The second-order valence-electron chi connectivity index (χ2n) is 13.1. The zero-order valence-corrected chi connectivity index (χ0v) is 33.1. The van der Waals surface area contributed by atoms with Crippen LogP contribution in [0.5, 0.6) is 0 Å². The highest BCUT2D eigenvalue weighted by Gasteiger charge is 2.19. The molecule has 298 valence electrons. The highest BCUT2D eigenvalue weighted by atomic mass is 35.5. The van der Waals surface area contributed by atoms with Crippen molar-refractivity contribution in [1.29, 1.82) is 5.26 Å². The van der Waals surface area contributed by atoms with E-state index in [0.29, 0.717) is 66.8 Å². The molecular weight excluding hydrogens is 759 g/mol. The number of carbonyl (C=O) groups excluding carboxylic acids is 1. The average Bonchev–Trinajstić information content (AvgIpc) is 3.22. The van der Waals surface area contributed by atoms with Gasteiger partial charge in [-0.1, -0.05) is 55.4 Å². The van der Waals surface area contributed by atoms with Gasteiger partial charge in [0, 0.05) is 31.7 Å². The van der Waals surface area contributed by atoms with E-state index in [0.717, 1.165) is 5.56 Å². The number of rotatable bonds is 8. The molecule has 0 unspecified atom stereocenters. The quantitative estimate of drug-likeness (QED) is 0.0798. The SMILES string of the molecule is C.COC(=O)c1ccc2nc(Cl)c(N(C)C(C)C)nc2c1.N#Cc1ccc(B(O)O)cc1.[C-]#[N+]c1ccc(-c2nc3ccc(C(=O)O)cc3nc2N(C)C(C)C)cc1. The largest absolute Gasteiger partial charge is 0.488 e. The van der Waals surface area contributed by atoms with Gasteiger partial charge in [0.2, 0.25) is 0 Å². The molecule has 16 heteroatoms. The Morgan fingerprint density at radius 1 is 0.793 bits per heavy atom. The maximum absolute atomic E-state index is 11.5. The average molecular weight is 803 g/mol. The van der Waals surface area contributed by atoms with Gasteiger partial charge >= 0.3 is 19.1 Å². The Morgan fingerprint density at radius 2 is 1.31 bits per heavy atom. The summed E-state index contributed by atoms with van der Waals surface area (Å²) < 4.78 is 4.70. The molecule has 4 aromatic carbocycles. The van der Waals surface area contributed by atoms with Crippen molar-refractivity contribution in [3.8, 4) is 17.3 Å². The lowest BCUT2D eigenvalue weighted by Crippen LogP contribution is -2.29. The molecule has 3 N–H and O–H groups in total. The minimum absolute atomic E-state index is 0. The number of hydrogen-bond acceptors (Lipinski definition) is 12. The number of aromatic carboxylic acids is 1. The summed E-state index contributed by atoms with van der Waals surface area (Å²) in [7, 11) is 3.72. The predicted molar refractivity (Wildman–Crippen MR) is 229 cm³/mol. The van der Waals surface area contributed by atoms with Crippen LogP contribution in [-0.4, -0.2) is 87.4 Å². The monoisotopic (exact) mass is 802 g/mol. The third kappa shape index (κ3) is 11.2. The first-order chi connectivity index (χ1) is 27.1. The van der Waals surface area contributed by atoms with Crippen LogP contribution in [0.15, 0.2) is 84.9 Å². The second-order valence-corrected chi connectivity index (χ2v) is 13.5. The first-order valence-corrected chi connectivity index (χ1v) is 17.9. The smallest absolute Gasteiger partial charge is 0.478 e. The Labute approximate surface area is 343 Å². The van der Waals surface area contributed by atoms with E-state index >= 15 is 0 Å². The van der Waals surface area contributed by atoms with Crippen LogP contribution < -0.4 is 15.3 Å². The number of halogens is 1. The van der Waals surface area contributed by atoms with E-state index in [4.69, 9.17) is 48.2 Å². The van der Waals surface area contributed by atoms with E-state index in [1.54, 1.807) is 36.4 Å². The minimum atomic E-state index is -1.46. The van der Waals surface area contributed by atoms with E-state index in [9.17, 15) is 14.7 Å². The first-order valence-electron chi connectivity index (χ1n) is 17.5. The number of carbonyl (C=O) groups is 2. The number of carboxylic acids is 1. The van der Waals surface area contributed by atoms with Crippen LogP contribution in [0.1, 0.15) is 61.4 Å². The molecule has 58 heavy (non-hydrogen) atoms. The Balaban J connectivity index is 0.000000249. The number of aromatic nitrogens is 4. The van der Waals surface area contributed by atoms with Crippen molar-refractivity contribution in [3.05, 3.63) is 118 Å². The minimum Gasteiger partial charge on any atom is -0.478 e. The zero-order chi connectivity index (χ0) is 42.0. The van der Waals surface area contributed by atoms with Gasteiger partial charge in [-0.2, -0.15) is 5.26 Å². The van der Waals surface area contributed by atoms with Crippen molar-refractivity contribution in [2.45, 2.75) is 47.2 Å². The first kappa shape index (κ1) is 45.7. The molecule has 0 aliphatic carbocycles. The van der Waals surface area contributed by atoms with Crippen molar-refractivity contribution in [1.82, 2.24) is 19.9 Å². The van der Waals surface area contributed by atoms with E-state index in [1.165, 1.54) is 43.5 Å². The van der Waals surface area contributed by atoms with Crippen molar-refractivity contribution >= 4 is 75.5 Å². The lowest BCUT2D eigenvalue weighted by Gasteiger charge is -2.25. The van der Waals surface area contributed by atoms with Gasteiger partial charge in [-0.15, -0.1) is 0 Å². The molecule has 2 aromatic heterocycles. The number of methoxy groups -OCH3 is 1. The van der Waals surface area contributed by atoms with Crippen LogP contribution in [0.3, 0.4) is 0 Å². The number of hydrogen-bond donors (Lipinski definition) is 3. The molecule has 2 heterocycles. The summed E-state index contributed by atoms with van der Waals surface area (Å²) in [4.78, 5) is 48.4. The van der Waals surface area contributed by atoms with Gasteiger partial charge in [-0.3, -0.25) is 0 Å². The van der Waals surface area contributed by atoms with Crippen LogP contribution in [0.2, 0.25) is 5.15 Å². The fourth-order valence-electron chi connectivity index (χ4n) is 5.02. The Hall–Kier alpha value is -6.65. The molecule has 0 spiro atoms. The maximum atomic E-state index is 11.5. The fourth-order valence-corrected chi connectivity index (χ4v) is 5.29. The topological polar surface area (TPSA) is 190 Å². The summed E-state index contributed by atoms with van der Waals surface area (Å²) in [6, 6.07) is 25.4. The third-order valence-corrected chi connectivity index (χ3v) is 9.00. The van der Waals surface area contributed by atoms with Gasteiger partial charge in [0.25, 0.3) is 0 Å². The lowest BCUT2D eigenvalue weighted by atomic mass is 9.80. The molecular formula is C42H44BClN8O6. The van der Waals surface area contributed by atoms with E-state index in [-0.39, 0.29) is 25.1 Å². The molecule has 0 aliphatic heterocycles. The molecule has 0 amide bonds. The number of esters is 1. The van der Waals surface area contributed by atoms with E-state index in [2.05, 4.69) is 14.8 Å². The van der Waals surface area contributed by atoms with Gasteiger partial charge in [0.05, 0.1) is 58.5 Å². The summed E-state index contributed by atoms with van der Waals surface area (Å²) >= 11 is 6.16. The number of nitrogens with zero attached hydrogens (tertiary/aromatic N) is 8. The van der Waals surface area contributed by atoms with Gasteiger partial charge in [-0.05, 0) is 81.7 Å². The molecule has 6 rings (SSSR count). The van der Waals surface area contributed by atoms with Crippen LogP contribution in [-0.2, 0) is 4.74 Å². The lowest BCUT2D eigenvalue weighted by molar-refractivity contribution is 0.0600. The Kier molecular flexibility index (Phi) is 16.2. The fraction of sp³-hybridized carbons (Fsp3) is 0.238. The Bertz CT molecular complexity index is 2470. The summed E-state index contributed by atoms with van der Waals surface area (Å²) in [6.07, 6.45) is 0. The molecule has 0 atom stereocenters. The van der Waals surface area contributed by atoms with Crippen molar-refractivity contribution in [2.75, 3.05) is 31.0 Å². The predicted octanol–water partition coefficient (Wildman–Crippen LogP) is 7.18. The second kappa shape index (κ2) is 20.5. The van der Waals surface area contributed by atoms with Crippen LogP contribution in [0, 0.1) is 17.9 Å². The summed E-state index contributed by atoms with van der Waals surface area (Å²) in [5.41, 5.74) is 6.06. The molecule has 14 nitrogen and oxygen atoms in total. The van der Waals surface area contributed by atoms with Crippen molar-refractivity contribution < 1.29 is 29.5 Å². The van der Waals surface area contributed by atoms with Gasteiger partial charge in [0.1, 0.15) is 5.69 Å². The van der Waals surface area contributed by atoms with Crippen LogP contribution >= 0.6 is 11.6 Å². The van der Waals surface area contributed by atoms with Gasteiger partial charge in [-0.25, -0.2) is 34.4 Å². The standard InChI is InChI=1S/C20H18N4O2.C14H16ClN3O2.C7H6BNO2.CH4/c1-12(2)24(4)19-18(13-5-8-15(21-3)9-6-13)22-16-10-7-14(20(25)26)11-17(16)23-19;1-8(2)18(3)13-12(15)16-10-6-5-9(14(19)20-4)7-11(10)17-13;9-5-6-1-3-7(4-2-6)8(10)11;/h5-12H,1-2,4H3,(H,25,26);5-8H,1-4H3;1-4,10-11H;1H4. The Morgan fingerprint density at radius 3 is 1.81 bits per heavy atom. The molecule has 0 fully saturated rings. The normalized spacial score (nSPS) is 10.2. The summed E-state index contributed by atoms with van der Waals surface area (Å²) in [5.74, 6) is -0.129. The number of ether oxygens (including phenoxy) is 1. The maximum Gasteiger partial charge on any atom is 0.488 e. The van der Waals surface area contributed by atoms with E-state index < -0.39 is 19.1 Å². The third-order valence-electron chi connectivity index (χ3n) is 8.74. The van der Waals surface area contributed by atoms with Gasteiger partial charge < -0.3 is 29.7 Å². The number of nitriles is 1. The summed E-state index contributed by atoms with van der Waals surface area (Å²) in [5, 5.41) is 35.3. The number of fused-ring (bicyclic) bond motifs is 2. The molecule has 0 saturated carbocycles.